The summed E-state index contributed by atoms with van der Waals surface area (Å²) in [5, 5.41) is 21.8. The average molecular weight is 811 g/mol. The Labute approximate surface area is 361 Å². The molecule has 12 nitrogen and oxygen atoms in total. The van der Waals surface area contributed by atoms with Crippen molar-refractivity contribution in [1.29, 1.82) is 10.5 Å². The largest absolute Gasteiger partial charge is 0.358 e. The van der Waals surface area contributed by atoms with E-state index in [1.54, 1.807) is 0 Å². The standard InChI is InChI=1S/C51H30N12/c1-54-48-51(63(38-28-16-6-17-29-38)39-30-18-7-19-31-39)60-47-43-45(58-49(40(32-52)56-43)61(34-20-8-2-9-21-34)35-22-10-3-11-23-35)42-46(44(47)57-48)59-50(41(33-53)55-42)62(36-24-12-4-13-25-36)37-26-14-5-15-27-37/h2-31H. The summed E-state index contributed by atoms with van der Waals surface area (Å²) >= 11 is 0. The SMILES string of the molecule is [C-]#[N+]c1nc2c3nc(N(c4ccccc4)c4ccccc4)c(C#N)nc3c3nc(N(c4ccccc4)c4ccccc4)c(C#N)nc3c2nc1N(c1ccccc1)c1ccccc1. The zero-order valence-corrected chi connectivity index (χ0v) is 33.2. The van der Waals surface area contributed by atoms with Gasteiger partial charge in [-0.1, -0.05) is 116 Å². The molecule has 63 heavy (non-hydrogen) atoms. The third-order valence-corrected chi connectivity index (χ3v) is 10.3. The van der Waals surface area contributed by atoms with Crippen LogP contribution in [0.15, 0.2) is 182 Å². The lowest BCUT2D eigenvalue weighted by Gasteiger charge is -2.26. The smallest absolute Gasteiger partial charge is 0.313 e. The van der Waals surface area contributed by atoms with Gasteiger partial charge in [0, 0.05) is 34.1 Å². The molecule has 7 aromatic carbocycles. The van der Waals surface area contributed by atoms with Gasteiger partial charge in [-0.05, 0) is 72.8 Å². The summed E-state index contributed by atoms with van der Waals surface area (Å²) in [6.45, 7) is 8.48. The van der Waals surface area contributed by atoms with Gasteiger partial charge in [0.15, 0.2) is 28.8 Å². The van der Waals surface area contributed by atoms with Crippen LogP contribution in [0.5, 0.6) is 0 Å². The summed E-state index contributed by atoms with van der Waals surface area (Å²) in [5.41, 5.74) is 5.68. The topological polar surface area (TPSA) is 139 Å². The fraction of sp³-hybridized carbons (Fsp3) is 0. The van der Waals surface area contributed by atoms with Gasteiger partial charge in [-0.15, -0.1) is 4.98 Å². The summed E-state index contributed by atoms with van der Waals surface area (Å²) in [6.07, 6.45) is 0. The molecule has 0 N–H and O–H groups in total. The van der Waals surface area contributed by atoms with E-state index in [9.17, 15) is 10.5 Å². The molecule has 0 atom stereocenters. The zero-order valence-electron chi connectivity index (χ0n) is 33.2. The number of rotatable bonds is 9. The van der Waals surface area contributed by atoms with Gasteiger partial charge >= 0.3 is 5.82 Å². The van der Waals surface area contributed by atoms with E-state index in [-0.39, 0.29) is 67.8 Å². The summed E-state index contributed by atoms with van der Waals surface area (Å²) < 4.78 is 0. The number of aromatic nitrogens is 6. The summed E-state index contributed by atoms with van der Waals surface area (Å²) in [4.78, 5) is 40.3. The third-order valence-electron chi connectivity index (χ3n) is 10.3. The second-order valence-corrected chi connectivity index (χ2v) is 14.1. The minimum atomic E-state index is -0.0176. The fourth-order valence-corrected chi connectivity index (χ4v) is 7.59. The predicted octanol–water partition coefficient (Wildman–Crippen LogP) is 12.2. The van der Waals surface area contributed by atoms with E-state index in [4.69, 9.17) is 36.5 Å². The van der Waals surface area contributed by atoms with Gasteiger partial charge in [0.2, 0.25) is 5.52 Å². The molecule has 0 saturated heterocycles. The van der Waals surface area contributed by atoms with E-state index in [0.29, 0.717) is 0 Å². The Balaban J connectivity index is 1.36. The lowest BCUT2D eigenvalue weighted by atomic mass is 10.1. The molecule has 0 saturated carbocycles. The Bertz CT molecular complexity index is 2910. The van der Waals surface area contributed by atoms with Gasteiger partial charge in [-0.3, -0.25) is 9.80 Å². The van der Waals surface area contributed by atoms with Crippen molar-refractivity contribution in [3.8, 4) is 12.1 Å². The molecule has 3 aromatic heterocycles. The van der Waals surface area contributed by atoms with E-state index in [1.807, 2.05) is 197 Å². The van der Waals surface area contributed by atoms with Crippen molar-refractivity contribution in [3.63, 3.8) is 0 Å². The monoisotopic (exact) mass is 810 g/mol. The van der Waals surface area contributed by atoms with Crippen LogP contribution in [0.4, 0.5) is 57.4 Å². The minimum absolute atomic E-state index is 0.000790. The maximum absolute atomic E-state index is 10.9. The number of hydrogen-bond donors (Lipinski definition) is 0. The summed E-state index contributed by atoms with van der Waals surface area (Å²) in [6, 6.07) is 62.1. The highest BCUT2D eigenvalue weighted by Gasteiger charge is 2.30. The highest BCUT2D eigenvalue weighted by molar-refractivity contribution is 6.19. The van der Waals surface area contributed by atoms with Crippen molar-refractivity contribution in [2.45, 2.75) is 0 Å². The van der Waals surface area contributed by atoms with Gasteiger partial charge in [-0.2, -0.15) is 10.5 Å². The van der Waals surface area contributed by atoms with Crippen LogP contribution in [-0.4, -0.2) is 29.9 Å². The molecule has 0 fully saturated rings. The number of fused-ring (bicyclic) bond motifs is 6. The predicted molar refractivity (Wildman–Crippen MR) is 245 cm³/mol. The molecule has 0 aliphatic heterocycles. The Morgan fingerprint density at radius 1 is 0.333 bits per heavy atom. The number of nitriles is 2. The fourth-order valence-electron chi connectivity index (χ4n) is 7.59. The van der Waals surface area contributed by atoms with Gasteiger partial charge in [-0.25, -0.2) is 24.9 Å². The number of benzene rings is 7. The molecular weight excluding hydrogens is 781 g/mol. The van der Waals surface area contributed by atoms with Crippen LogP contribution in [0.1, 0.15) is 11.4 Å². The second-order valence-electron chi connectivity index (χ2n) is 14.1. The van der Waals surface area contributed by atoms with E-state index in [1.165, 1.54) is 0 Å². The van der Waals surface area contributed by atoms with Crippen LogP contribution >= 0.6 is 0 Å². The van der Waals surface area contributed by atoms with Crippen molar-refractivity contribution < 1.29 is 0 Å². The van der Waals surface area contributed by atoms with E-state index >= 15 is 0 Å². The molecule has 10 aromatic rings. The Kier molecular flexibility index (Phi) is 9.71. The van der Waals surface area contributed by atoms with Gasteiger partial charge < -0.3 is 9.74 Å². The van der Waals surface area contributed by atoms with Gasteiger partial charge in [0.25, 0.3) is 0 Å². The number of anilines is 9. The quantitative estimate of drug-likeness (QED) is 0.102. The van der Waals surface area contributed by atoms with Crippen molar-refractivity contribution >= 4 is 90.5 Å². The lowest BCUT2D eigenvalue weighted by Crippen LogP contribution is -2.16. The first kappa shape index (κ1) is 37.7. The zero-order chi connectivity index (χ0) is 42.7. The van der Waals surface area contributed by atoms with E-state index < -0.39 is 0 Å². The first-order chi connectivity index (χ1) is 31.1. The number of nitrogens with zero attached hydrogens (tertiary/aromatic N) is 12. The third kappa shape index (κ3) is 6.76. The van der Waals surface area contributed by atoms with Crippen molar-refractivity contribution in [1.82, 2.24) is 29.9 Å². The van der Waals surface area contributed by atoms with Crippen molar-refractivity contribution in [2.24, 2.45) is 0 Å². The average Bonchev–Trinajstić information content (AvgIpc) is 3.36. The molecule has 294 valence electrons. The molecule has 3 heterocycles. The molecule has 0 aliphatic rings. The molecule has 0 spiro atoms. The minimum Gasteiger partial charge on any atom is -0.358 e. The van der Waals surface area contributed by atoms with E-state index in [2.05, 4.69) is 17.0 Å². The molecule has 0 unspecified atom stereocenters. The maximum Gasteiger partial charge on any atom is 0.313 e. The molecule has 0 radical (unpaired) electrons. The van der Waals surface area contributed by atoms with Crippen molar-refractivity contribution in [3.05, 3.63) is 205 Å². The van der Waals surface area contributed by atoms with Gasteiger partial charge in [0.1, 0.15) is 39.7 Å². The molecule has 10 rings (SSSR count). The molecule has 0 amide bonds. The maximum atomic E-state index is 10.9. The van der Waals surface area contributed by atoms with Crippen LogP contribution in [0.25, 0.3) is 37.9 Å². The number of para-hydroxylation sites is 6. The summed E-state index contributed by atoms with van der Waals surface area (Å²) in [7, 11) is 0. The Morgan fingerprint density at radius 3 is 0.841 bits per heavy atom. The highest BCUT2D eigenvalue weighted by atomic mass is 15.2. The van der Waals surface area contributed by atoms with Crippen molar-refractivity contribution in [2.75, 3.05) is 14.7 Å². The second kappa shape index (κ2) is 16.2. The lowest BCUT2D eigenvalue weighted by molar-refractivity contribution is 1.13. The van der Waals surface area contributed by atoms with Crippen LogP contribution < -0.4 is 14.7 Å². The van der Waals surface area contributed by atoms with E-state index in [0.717, 1.165) is 34.1 Å². The highest BCUT2D eigenvalue weighted by Crippen LogP contribution is 2.44. The van der Waals surface area contributed by atoms with Crippen LogP contribution in [0.3, 0.4) is 0 Å². The van der Waals surface area contributed by atoms with Gasteiger partial charge in [0.05, 0.1) is 0 Å². The van der Waals surface area contributed by atoms with Crippen LogP contribution in [0, 0.1) is 29.2 Å². The first-order valence-corrected chi connectivity index (χ1v) is 19.8. The molecular formula is C51H30N12. The summed E-state index contributed by atoms with van der Waals surface area (Å²) in [5.74, 6) is 0.664. The molecule has 0 bridgehead atoms. The molecule has 0 aliphatic carbocycles. The molecule has 12 heteroatoms. The Morgan fingerprint density at radius 2 is 0.571 bits per heavy atom. The first-order valence-electron chi connectivity index (χ1n) is 19.8. The van der Waals surface area contributed by atoms with Crippen LogP contribution in [-0.2, 0) is 0 Å². The van der Waals surface area contributed by atoms with Crippen LogP contribution in [0.2, 0.25) is 0 Å². The number of hydrogen-bond acceptors (Lipinski definition) is 11. The Hall–Kier alpha value is -9.57. The normalized spacial score (nSPS) is 10.8.